The third-order valence-corrected chi connectivity index (χ3v) is 3.32. The highest BCUT2D eigenvalue weighted by Gasteiger charge is 2.09. The van der Waals surface area contributed by atoms with Gasteiger partial charge in [0.05, 0.1) is 5.02 Å². The number of hydrogen-bond donors (Lipinski definition) is 0. The second-order valence-electron chi connectivity index (χ2n) is 5.45. The van der Waals surface area contributed by atoms with Crippen LogP contribution in [-0.4, -0.2) is 63.4 Å². The van der Waals surface area contributed by atoms with Crippen molar-refractivity contribution in [2.75, 3.05) is 41.4 Å². The number of allylic oxidation sites excluding steroid dienone is 1. The summed E-state index contributed by atoms with van der Waals surface area (Å²) in [6.45, 7) is 5.27. The Morgan fingerprint density at radius 1 is 1.12 bits per heavy atom. The first-order valence-electron chi connectivity index (χ1n) is 7.96. The van der Waals surface area contributed by atoms with Gasteiger partial charge < -0.3 is 14.4 Å². The molecule has 7 heteroatoms. The highest BCUT2D eigenvalue weighted by atomic mass is 35.5. The fourth-order valence-electron chi connectivity index (χ4n) is 1.62. The molecule has 0 aromatic heterocycles. The van der Waals surface area contributed by atoms with Gasteiger partial charge in [0.25, 0.3) is 0 Å². The Balaban J connectivity index is 0.000000504. The zero-order chi connectivity index (χ0) is 19.4. The van der Waals surface area contributed by atoms with Gasteiger partial charge in [-0.2, -0.15) is 0 Å². The molecule has 1 aromatic carbocycles. The van der Waals surface area contributed by atoms with E-state index in [-0.39, 0.29) is 12.2 Å². The molecule has 0 N–H and O–H groups in total. The van der Waals surface area contributed by atoms with Crippen molar-refractivity contribution < 1.29 is 14.3 Å². The van der Waals surface area contributed by atoms with Crippen LogP contribution >= 0.6 is 23.2 Å². The van der Waals surface area contributed by atoms with E-state index in [9.17, 15) is 4.79 Å². The van der Waals surface area contributed by atoms with Crippen LogP contribution in [0.4, 0.5) is 0 Å². The first kappa shape index (κ1) is 23.9. The second-order valence-corrected chi connectivity index (χ2v) is 6.29. The van der Waals surface area contributed by atoms with Crippen molar-refractivity contribution in [3.63, 3.8) is 0 Å². The van der Waals surface area contributed by atoms with E-state index < -0.39 is 0 Å². The van der Waals surface area contributed by atoms with Crippen LogP contribution in [0.5, 0.6) is 0 Å². The molecule has 0 aliphatic rings. The van der Waals surface area contributed by atoms with Crippen molar-refractivity contribution >= 4 is 29.0 Å². The monoisotopic (exact) mass is 390 g/mol. The third-order valence-electron chi connectivity index (χ3n) is 2.76. The summed E-state index contributed by atoms with van der Waals surface area (Å²) in [5.74, 6) is -0.156. The summed E-state index contributed by atoms with van der Waals surface area (Å²) in [6.07, 6.45) is 2.94. The topological polar surface area (TPSA) is 42.0 Å². The summed E-state index contributed by atoms with van der Waals surface area (Å²) < 4.78 is 10.5. The van der Waals surface area contributed by atoms with Crippen molar-refractivity contribution in [2.45, 2.75) is 20.3 Å². The van der Waals surface area contributed by atoms with E-state index in [4.69, 9.17) is 32.7 Å². The summed E-state index contributed by atoms with van der Waals surface area (Å²) >= 11 is 11.7. The minimum absolute atomic E-state index is 0.156. The minimum Gasteiger partial charge on any atom is -0.383 e. The fraction of sp³-hybridized carbons (Fsp3) is 0.500. The molecule has 0 saturated heterocycles. The first-order chi connectivity index (χ1) is 11.7. The molecule has 0 spiro atoms. The van der Waals surface area contributed by atoms with E-state index in [1.54, 1.807) is 29.3 Å². The maximum atomic E-state index is 11.7. The highest BCUT2D eigenvalue weighted by molar-refractivity contribution is 6.36. The van der Waals surface area contributed by atoms with Crippen LogP contribution in [0.1, 0.15) is 24.2 Å². The molecule has 5 nitrogen and oxygen atoms in total. The van der Waals surface area contributed by atoms with Crippen LogP contribution in [0.3, 0.4) is 0 Å². The van der Waals surface area contributed by atoms with Crippen molar-refractivity contribution in [3.8, 4) is 0 Å². The maximum Gasteiger partial charge on any atom is 0.218 e. The van der Waals surface area contributed by atoms with Crippen LogP contribution in [0.2, 0.25) is 10.0 Å². The standard InChI is InChI=1S/C11H11Cl2NO.C7H17NO2/c1-14(2)6-5-11(15)9-7-8(12)3-4-10(9)13;1-5-9-7(8(3)4)10-6-2/h3-7H,1-2H3;7H,5-6H2,1-4H3. The number of carbonyl (C=O) groups excluding carboxylic acids is 1. The van der Waals surface area contributed by atoms with Gasteiger partial charge in [-0.1, -0.05) is 23.2 Å². The Hall–Kier alpha value is -1.11. The molecule has 0 aliphatic carbocycles. The van der Waals surface area contributed by atoms with E-state index in [2.05, 4.69) is 0 Å². The minimum atomic E-state index is -0.185. The van der Waals surface area contributed by atoms with Gasteiger partial charge in [0.1, 0.15) is 0 Å². The normalized spacial score (nSPS) is 11.0. The van der Waals surface area contributed by atoms with E-state index >= 15 is 0 Å². The summed E-state index contributed by atoms with van der Waals surface area (Å²) in [4.78, 5) is 15.3. The van der Waals surface area contributed by atoms with Crippen molar-refractivity contribution in [1.29, 1.82) is 0 Å². The molecule has 25 heavy (non-hydrogen) atoms. The molecule has 0 saturated carbocycles. The average Bonchev–Trinajstić information content (AvgIpc) is 2.55. The molecule has 0 amide bonds. The number of nitrogens with zero attached hydrogens (tertiary/aromatic N) is 2. The molecule has 0 heterocycles. The Morgan fingerprint density at radius 2 is 1.68 bits per heavy atom. The average molecular weight is 391 g/mol. The molecule has 1 aromatic rings. The number of rotatable bonds is 8. The van der Waals surface area contributed by atoms with Crippen molar-refractivity contribution in [3.05, 3.63) is 46.1 Å². The number of ether oxygens (including phenoxy) is 2. The molecule has 0 unspecified atom stereocenters. The molecule has 142 valence electrons. The van der Waals surface area contributed by atoms with Gasteiger partial charge in [-0.05, 0) is 46.1 Å². The van der Waals surface area contributed by atoms with Gasteiger partial charge in [0, 0.05) is 50.2 Å². The lowest BCUT2D eigenvalue weighted by Gasteiger charge is -2.22. The fourth-order valence-corrected chi connectivity index (χ4v) is 2.01. The highest BCUT2D eigenvalue weighted by Crippen LogP contribution is 2.21. The molecular formula is C18H28Cl2N2O3. The van der Waals surface area contributed by atoms with Crippen LogP contribution in [0.25, 0.3) is 0 Å². The van der Waals surface area contributed by atoms with Gasteiger partial charge in [-0.15, -0.1) is 0 Å². The molecular weight excluding hydrogens is 363 g/mol. The summed E-state index contributed by atoms with van der Waals surface area (Å²) in [6, 6.07) is 4.82. The van der Waals surface area contributed by atoms with E-state index in [0.717, 1.165) is 0 Å². The Morgan fingerprint density at radius 3 is 2.12 bits per heavy atom. The van der Waals surface area contributed by atoms with E-state index in [1.807, 2.05) is 46.9 Å². The number of carbonyl (C=O) groups is 1. The lowest BCUT2D eigenvalue weighted by molar-refractivity contribution is -0.206. The van der Waals surface area contributed by atoms with Gasteiger partial charge in [-0.25, -0.2) is 0 Å². The number of hydrogen-bond acceptors (Lipinski definition) is 5. The van der Waals surface area contributed by atoms with Gasteiger partial charge in [0.15, 0.2) is 5.78 Å². The van der Waals surface area contributed by atoms with Crippen molar-refractivity contribution in [2.24, 2.45) is 0 Å². The molecule has 0 radical (unpaired) electrons. The number of benzene rings is 1. The zero-order valence-corrected chi connectivity index (χ0v) is 17.3. The smallest absolute Gasteiger partial charge is 0.218 e. The van der Waals surface area contributed by atoms with Gasteiger partial charge >= 0.3 is 0 Å². The van der Waals surface area contributed by atoms with Crippen LogP contribution in [0, 0.1) is 0 Å². The maximum absolute atomic E-state index is 11.7. The summed E-state index contributed by atoms with van der Waals surface area (Å²) in [5.41, 5.74) is 0.419. The lowest BCUT2D eigenvalue weighted by Crippen LogP contribution is -2.33. The Kier molecular flexibility index (Phi) is 12.6. The van der Waals surface area contributed by atoms with Crippen LogP contribution in [0.15, 0.2) is 30.5 Å². The third kappa shape index (κ3) is 10.5. The van der Waals surface area contributed by atoms with Gasteiger partial charge in [0.2, 0.25) is 6.41 Å². The zero-order valence-electron chi connectivity index (χ0n) is 15.8. The summed E-state index contributed by atoms with van der Waals surface area (Å²) in [7, 11) is 7.53. The van der Waals surface area contributed by atoms with E-state index in [1.165, 1.54) is 6.08 Å². The molecule has 0 atom stereocenters. The molecule has 1 rings (SSSR count). The molecule has 0 bridgehead atoms. The first-order valence-corrected chi connectivity index (χ1v) is 8.72. The number of ketones is 1. The molecule has 0 fully saturated rings. The van der Waals surface area contributed by atoms with Crippen LogP contribution in [-0.2, 0) is 9.47 Å². The van der Waals surface area contributed by atoms with Crippen molar-refractivity contribution in [1.82, 2.24) is 9.80 Å². The Bertz CT molecular complexity index is 543. The second kappa shape index (κ2) is 13.1. The largest absolute Gasteiger partial charge is 0.383 e. The van der Waals surface area contributed by atoms with E-state index in [0.29, 0.717) is 28.8 Å². The quantitative estimate of drug-likeness (QED) is 0.378. The van der Waals surface area contributed by atoms with Gasteiger partial charge in [-0.3, -0.25) is 9.69 Å². The SMILES string of the molecule is CCOC(OCC)N(C)C.CN(C)C=CC(=O)c1cc(Cl)ccc1Cl. The lowest BCUT2D eigenvalue weighted by atomic mass is 10.1. The predicted octanol–water partition coefficient (Wildman–Crippen LogP) is 4.16. The predicted molar refractivity (Wildman–Crippen MR) is 104 cm³/mol. The van der Waals surface area contributed by atoms with Crippen LogP contribution < -0.4 is 0 Å². The Labute approximate surface area is 161 Å². The number of halogens is 2. The molecule has 0 aliphatic heterocycles. The summed E-state index contributed by atoms with van der Waals surface area (Å²) in [5, 5.41) is 0.911.